The van der Waals surface area contributed by atoms with Gasteiger partial charge in [-0.3, -0.25) is 4.79 Å². The highest BCUT2D eigenvalue weighted by atomic mass is 32.2. The van der Waals surface area contributed by atoms with E-state index in [1.165, 1.54) is 16.8 Å². The highest BCUT2D eigenvalue weighted by molar-refractivity contribution is 7.90. The smallest absolute Gasteiger partial charge is 0.258 e. The van der Waals surface area contributed by atoms with Crippen molar-refractivity contribution in [3.8, 4) is 11.4 Å². The van der Waals surface area contributed by atoms with Gasteiger partial charge in [-0.1, -0.05) is 12.1 Å². The largest absolute Gasteiger partial charge is 0.492 e. The Hall–Kier alpha value is -3.20. The SMILES string of the molecule is Cc1cccc(-n2cc3c(n2)CN(C(=O)c2cc(S(C)(=O)=O)ccc2OCC2CC2)C3)c1F. The zero-order chi connectivity index (χ0) is 23.3. The van der Waals surface area contributed by atoms with E-state index in [0.29, 0.717) is 41.8 Å². The van der Waals surface area contributed by atoms with Crippen LogP contribution in [-0.4, -0.2) is 41.9 Å². The fraction of sp³-hybridized carbons (Fsp3) is 0.333. The summed E-state index contributed by atoms with van der Waals surface area (Å²) in [5, 5.41) is 4.49. The van der Waals surface area contributed by atoms with Crippen molar-refractivity contribution in [3.05, 3.63) is 70.8 Å². The van der Waals surface area contributed by atoms with Gasteiger partial charge in [0.1, 0.15) is 11.4 Å². The Morgan fingerprint density at radius 2 is 2.00 bits per heavy atom. The van der Waals surface area contributed by atoms with Crippen LogP contribution in [0.3, 0.4) is 0 Å². The molecule has 9 heteroatoms. The number of carbonyl (C=O) groups is 1. The molecular weight excluding hydrogens is 445 g/mol. The lowest BCUT2D eigenvalue weighted by atomic mass is 10.1. The van der Waals surface area contributed by atoms with Crippen molar-refractivity contribution in [1.82, 2.24) is 14.7 Å². The third kappa shape index (κ3) is 4.25. The Bertz CT molecular complexity index is 1340. The number of benzene rings is 2. The van der Waals surface area contributed by atoms with Crippen LogP contribution in [0.5, 0.6) is 5.75 Å². The molecule has 5 rings (SSSR count). The van der Waals surface area contributed by atoms with E-state index < -0.39 is 9.84 Å². The topological polar surface area (TPSA) is 81.5 Å². The van der Waals surface area contributed by atoms with Gasteiger partial charge in [0.2, 0.25) is 0 Å². The van der Waals surface area contributed by atoms with Gasteiger partial charge < -0.3 is 9.64 Å². The fourth-order valence-electron chi connectivity index (χ4n) is 3.92. The Morgan fingerprint density at radius 1 is 1.21 bits per heavy atom. The first-order valence-corrected chi connectivity index (χ1v) is 12.7. The maximum atomic E-state index is 14.5. The number of aromatic nitrogens is 2. The van der Waals surface area contributed by atoms with Crippen LogP contribution in [0.4, 0.5) is 4.39 Å². The maximum absolute atomic E-state index is 14.5. The lowest BCUT2D eigenvalue weighted by Crippen LogP contribution is -2.27. The molecule has 3 aromatic rings. The Kier molecular flexibility index (Phi) is 5.23. The molecule has 172 valence electrons. The van der Waals surface area contributed by atoms with Crippen LogP contribution in [0.25, 0.3) is 5.69 Å². The zero-order valence-corrected chi connectivity index (χ0v) is 19.2. The molecule has 2 aromatic carbocycles. The Balaban J connectivity index is 1.40. The van der Waals surface area contributed by atoms with E-state index in [0.717, 1.165) is 24.7 Å². The zero-order valence-electron chi connectivity index (χ0n) is 18.4. The molecule has 33 heavy (non-hydrogen) atoms. The first-order chi connectivity index (χ1) is 15.7. The van der Waals surface area contributed by atoms with Gasteiger partial charge in [-0.25, -0.2) is 17.5 Å². The number of ether oxygens (including phenoxy) is 1. The summed E-state index contributed by atoms with van der Waals surface area (Å²) in [7, 11) is -3.48. The Labute approximate surface area is 191 Å². The van der Waals surface area contributed by atoms with Crippen LogP contribution < -0.4 is 4.74 Å². The van der Waals surface area contributed by atoms with E-state index in [-0.39, 0.29) is 28.7 Å². The molecule has 0 N–H and O–H groups in total. The number of fused-ring (bicyclic) bond motifs is 1. The van der Waals surface area contributed by atoms with E-state index >= 15 is 0 Å². The molecule has 0 spiro atoms. The molecule has 0 unspecified atom stereocenters. The molecular formula is C24H24FN3O4S. The molecule has 1 amide bonds. The summed E-state index contributed by atoms with van der Waals surface area (Å²) in [4.78, 5) is 15.1. The predicted octanol–water partition coefficient (Wildman–Crippen LogP) is 3.67. The van der Waals surface area contributed by atoms with Crippen LogP contribution in [0.1, 0.15) is 40.0 Å². The van der Waals surface area contributed by atoms with Crippen molar-refractivity contribution >= 4 is 15.7 Å². The van der Waals surface area contributed by atoms with E-state index in [9.17, 15) is 17.6 Å². The molecule has 1 aliphatic carbocycles. The summed E-state index contributed by atoms with van der Waals surface area (Å²) >= 11 is 0. The van der Waals surface area contributed by atoms with Gasteiger partial charge in [0.15, 0.2) is 15.7 Å². The minimum absolute atomic E-state index is 0.0710. The average Bonchev–Trinajstić information content (AvgIpc) is 3.39. The molecule has 1 saturated carbocycles. The number of nitrogens with zero attached hydrogens (tertiary/aromatic N) is 3. The normalized spacial score (nSPS) is 15.5. The van der Waals surface area contributed by atoms with E-state index in [2.05, 4.69) is 5.10 Å². The van der Waals surface area contributed by atoms with Crippen molar-refractivity contribution in [3.63, 3.8) is 0 Å². The van der Waals surface area contributed by atoms with Crippen LogP contribution in [-0.2, 0) is 22.9 Å². The fourth-order valence-corrected chi connectivity index (χ4v) is 4.57. The molecule has 1 aromatic heterocycles. The maximum Gasteiger partial charge on any atom is 0.258 e. The summed E-state index contributed by atoms with van der Waals surface area (Å²) in [5.41, 5.74) is 2.62. The van der Waals surface area contributed by atoms with Crippen molar-refractivity contribution in [1.29, 1.82) is 0 Å². The van der Waals surface area contributed by atoms with E-state index in [1.807, 2.05) is 0 Å². The molecule has 2 aliphatic rings. The van der Waals surface area contributed by atoms with Crippen LogP contribution in [0.15, 0.2) is 47.5 Å². The molecule has 0 radical (unpaired) electrons. The number of aryl methyl sites for hydroxylation is 1. The van der Waals surface area contributed by atoms with Gasteiger partial charge in [0.25, 0.3) is 5.91 Å². The van der Waals surface area contributed by atoms with Gasteiger partial charge in [-0.05, 0) is 55.5 Å². The summed E-state index contributed by atoms with van der Waals surface area (Å²) < 4.78 is 46.0. The van der Waals surface area contributed by atoms with Gasteiger partial charge in [-0.2, -0.15) is 5.10 Å². The number of sulfone groups is 1. The van der Waals surface area contributed by atoms with Crippen LogP contribution in [0, 0.1) is 18.7 Å². The number of hydrogen-bond acceptors (Lipinski definition) is 5. The molecule has 1 fully saturated rings. The number of amides is 1. The van der Waals surface area contributed by atoms with Crippen molar-refractivity contribution in [2.45, 2.75) is 37.8 Å². The number of rotatable bonds is 6. The van der Waals surface area contributed by atoms with Crippen LogP contribution in [0.2, 0.25) is 0 Å². The number of carbonyl (C=O) groups excluding carboxylic acids is 1. The van der Waals surface area contributed by atoms with Gasteiger partial charge in [0, 0.05) is 24.6 Å². The lowest BCUT2D eigenvalue weighted by molar-refractivity contribution is 0.0744. The molecule has 0 bridgehead atoms. The molecule has 0 saturated heterocycles. The van der Waals surface area contributed by atoms with Crippen molar-refractivity contribution in [2.75, 3.05) is 12.9 Å². The third-order valence-electron chi connectivity index (χ3n) is 6.07. The van der Waals surface area contributed by atoms with Crippen LogP contribution >= 0.6 is 0 Å². The van der Waals surface area contributed by atoms with Gasteiger partial charge >= 0.3 is 0 Å². The minimum atomic E-state index is -3.48. The molecule has 1 aliphatic heterocycles. The summed E-state index contributed by atoms with van der Waals surface area (Å²) in [6.07, 6.45) is 5.05. The molecule has 2 heterocycles. The van der Waals surface area contributed by atoms with Crippen molar-refractivity contribution < 1.29 is 22.3 Å². The van der Waals surface area contributed by atoms with E-state index in [1.54, 1.807) is 42.3 Å². The number of hydrogen-bond donors (Lipinski definition) is 0. The molecule has 0 atom stereocenters. The lowest BCUT2D eigenvalue weighted by Gasteiger charge is -2.19. The summed E-state index contributed by atoms with van der Waals surface area (Å²) in [6.45, 7) is 2.75. The summed E-state index contributed by atoms with van der Waals surface area (Å²) in [6, 6.07) is 9.54. The quantitative estimate of drug-likeness (QED) is 0.550. The second kappa shape index (κ2) is 7.98. The monoisotopic (exact) mass is 469 g/mol. The number of halogens is 1. The van der Waals surface area contributed by atoms with Gasteiger partial charge in [0.05, 0.1) is 29.3 Å². The first-order valence-electron chi connectivity index (χ1n) is 10.8. The van der Waals surface area contributed by atoms with Crippen molar-refractivity contribution in [2.24, 2.45) is 5.92 Å². The minimum Gasteiger partial charge on any atom is -0.492 e. The van der Waals surface area contributed by atoms with Gasteiger partial charge in [-0.15, -0.1) is 0 Å². The second-order valence-electron chi connectivity index (χ2n) is 8.80. The standard InChI is InChI=1S/C24H24FN3O4S/c1-15-4-3-5-21(23(15)25)28-12-17-11-27(13-20(17)26-28)24(29)19-10-18(33(2,30)31)8-9-22(19)32-14-16-6-7-16/h3-5,8-10,12,16H,6-7,11,13-14H2,1-2H3. The Morgan fingerprint density at radius 3 is 2.70 bits per heavy atom. The highest BCUT2D eigenvalue weighted by Gasteiger charge is 2.31. The second-order valence-corrected chi connectivity index (χ2v) is 10.8. The first kappa shape index (κ1) is 21.6. The van der Waals surface area contributed by atoms with E-state index in [4.69, 9.17) is 4.74 Å². The summed E-state index contributed by atoms with van der Waals surface area (Å²) in [5.74, 6) is 0.219. The highest BCUT2D eigenvalue weighted by Crippen LogP contribution is 2.33. The average molecular weight is 470 g/mol. The molecule has 7 nitrogen and oxygen atoms in total. The third-order valence-corrected chi connectivity index (χ3v) is 7.18. The predicted molar refractivity (Wildman–Crippen MR) is 120 cm³/mol.